The molecule has 230 valence electrons. The van der Waals surface area contributed by atoms with Gasteiger partial charge >= 0.3 is 12.1 Å². The molecular formula is C28H34N6O9. The highest BCUT2D eigenvalue weighted by Gasteiger charge is 2.31. The van der Waals surface area contributed by atoms with E-state index < -0.39 is 42.4 Å². The minimum atomic E-state index is -1.17. The Morgan fingerprint density at radius 1 is 1.07 bits per heavy atom. The van der Waals surface area contributed by atoms with Crippen LogP contribution in [0.2, 0.25) is 0 Å². The Kier molecular flexibility index (Phi) is 9.95. The molecule has 1 unspecified atom stereocenters. The number of ether oxygens (including phenoxy) is 2. The van der Waals surface area contributed by atoms with Crippen molar-refractivity contribution >= 4 is 46.6 Å². The van der Waals surface area contributed by atoms with E-state index in [9.17, 15) is 33.9 Å². The van der Waals surface area contributed by atoms with Gasteiger partial charge in [-0.3, -0.25) is 34.4 Å². The number of benzene rings is 1. The van der Waals surface area contributed by atoms with Crippen LogP contribution in [-0.2, 0) is 23.9 Å². The van der Waals surface area contributed by atoms with Crippen LogP contribution in [0.3, 0.4) is 0 Å². The summed E-state index contributed by atoms with van der Waals surface area (Å²) in [7, 11) is 0. The van der Waals surface area contributed by atoms with E-state index in [1.54, 1.807) is 19.1 Å². The number of hydrazine groups is 1. The fourth-order valence-corrected chi connectivity index (χ4v) is 4.72. The molecule has 15 heteroatoms. The number of rotatable bonds is 10. The summed E-state index contributed by atoms with van der Waals surface area (Å²) in [5, 5.41) is 13.6. The molecule has 1 aromatic carbocycles. The molecule has 0 saturated carbocycles. The van der Waals surface area contributed by atoms with E-state index in [-0.39, 0.29) is 75.9 Å². The lowest BCUT2D eigenvalue weighted by Crippen LogP contribution is -2.56. The number of pyridine rings is 1. The zero-order chi connectivity index (χ0) is 31.1. The third kappa shape index (κ3) is 7.87. The van der Waals surface area contributed by atoms with Crippen LogP contribution in [0.15, 0.2) is 24.3 Å². The Balaban J connectivity index is 1.51. The van der Waals surface area contributed by atoms with E-state index in [1.807, 2.05) is 13.0 Å². The van der Waals surface area contributed by atoms with Gasteiger partial charge in [0.1, 0.15) is 17.5 Å². The van der Waals surface area contributed by atoms with Gasteiger partial charge in [0.05, 0.1) is 18.7 Å². The number of aliphatic carboxylic acids is 1. The number of piperazine rings is 1. The van der Waals surface area contributed by atoms with Crippen LogP contribution in [0.1, 0.15) is 42.2 Å². The van der Waals surface area contributed by atoms with E-state index in [2.05, 4.69) is 15.7 Å². The number of carboxylic acid groups (broad SMARTS) is 1. The van der Waals surface area contributed by atoms with Gasteiger partial charge in [0.15, 0.2) is 6.61 Å². The van der Waals surface area contributed by atoms with Gasteiger partial charge < -0.3 is 29.7 Å². The quantitative estimate of drug-likeness (QED) is 0.346. The van der Waals surface area contributed by atoms with Gasteiger partial charge in [0.2, 0.25) is 11.8 Å². The highest BCUT2D eigenvalue weighted by molar-refractivity contribution is 5.99. The maximum absolute atomic E-state index is 13.4. The number of hydrogen-bond acceptors (Lipinski definition) is 9. The average Bonchev–Trinajstić information content (AvgIpc) is 3.43. The summed E-state index contributed by atoms with van der Waals surface area (Å²) in [4.78, 5) is 81.5. The van der Waals surface area contributed by atoms with Gasteiger partial charge in [-0.15, -0.1) is 0 Å². The minimum Gasteiger partial charge on any atom is -0.483 e. The van der Waals surface area contributed by atoms with Crippen molar-refractivity contribution in [2.24, 2.45) is 0 Å². The maximum Gasteiger partial charge on any atom is 0.409 e. The number of fused-ring (bicyclic) bond motifs is 1. The Bertz CT molecular complexity index is 1420. The number of aryl methyl sites for hydroxylation is 1. The number of amides is 5. The molecule has 0 aliphatic carbocycles. The molecule has 0 radical (unpaired) electrons. The van der Waals surface area contributed by atoms with Gasteiger partial charge in [-0.25, -0.2) is 9.78 Å². The van der Waals surface area contributed by atoms with Gasteiger partial charge in [0.25, 0.3) is 11.8 Å². The molecule has 15 nitrogen and oxygen atoms in total. The number of carbonyl (C=O) groups is 6. The van der Waals surface area contributed by atoms with Gasteiger partial charge in [-0.1, -0.05) is 6.07 Å². The molecule has 3 heterocycles. The van der Waals surface area contributed by atoms with Crippen molar-refractivity contribution in [3.8, 4) is 5.75 Å². The third-order valence-corrected chi connectivity index (χ3v) is 7.00. The molecule has 43 heavy (non-hydrogen) atoms. The van der Waals surface area contributed by atoms with Crippen molar-refractivity contribution < 1.29 is 43.3 Å². The van der Waals surface area contributed by atoms with Crippen molar-refractivity contribution in [3.63, 3.8) is 0 Å². The fraction of sp³-hybridized carbons (Fsp3) is 0.464. The topological polar surface area (TPSA) is 188 Å². The first-order valence-corrected chi connectivity index (χ1v) is 13.9. The molecule has 2 aliphatic heterocycles. The lowest BCUT2D eigenvalue weighted by molar-refractivity contribution is -0.138. The van der Waals surface area contributed by atoms with Crippen molar-refractivity contribution in [3.05, 3.63) is 35.5 Å². The van der Waals surface area contributed by atoms with Gasteiger partial charge in [-0.05, 0) is 38.0 Å². The number of aromatic nitrogens is 1. The summed E-state index contributed by atoms with van der Waals surface area (Å²) >= 11 is 0. The lowest BCUT2D eigenvalue weighted by atomic mass is 10.1. The second-order valence-corrected chi connectivity index (χ2v) is 10.1. The molecule has 0 bridgehead atoms. The van der Waals surface area contributed by atoms with Crippen molar-refractivity contribution in [2.45, 2.75) is 39.2 Å². The monoisotopic (exact) mass is 598 g/mol. The average molecular weight is 599 g/mol. The summed E-state index contributed by atoms with van der Waals surface area (Å²) in [6.45, 7) is 4.41. The summed E-state index contributed by atoms with van der Waals surface area (Å²) in [6.07, 6.45) is -0.818. The van der Waals surface area contributed by atoms with E-state index in [0.29, 0.717) is 10.9 Å². The number of carboxylic acids is 1. The van der Waals surface area contributed by atoms with E-state index >= 15 is 0 Å². The van der Waals surface area contributed by atoms with Crippen LogP contribution in [-0.4, -0.2) is 113 Å². The Morgan fingerprint density at radius 2 is 1.79 bits per heavy atom. The Labute approximate surface area is 247 Å². The molecule has 3 N–H and O–H groups in total. The Hall–Kier alpha value is -4.95. The van der Waals surface area contributed by atoms with E-state index in [4.69, 9.17) is 9.47 Å². The van der Waals surface area contributed by atoms with Crippen LogP contribution < -0.4 is 15.5 Å². The summed E-state index contributed by atoms with van der Waals surface area (Å²) in [5.41, 5.74) is 3.61. The molecule has 2 aromatic rings. The molecule has 1 aromatic heterocycles. The van der Waals surface area contributed by atoms with Crippen LogP contribution in [0, 0.1) is 6.92 Å². The first kappa shape index (κ1) is 31.0. The van der Waals surface area contributed by atoms with Crippen molar-refractivity contribution in [1.82, 2.24) is 30.5 Å². The van der Waals surface area contributed by atoms with E-state index in [0.717, 1.165) is 10.6 Å². The molecular weight excluding hydrogens is 564 g/mol. The molecule has 0 spiro atoms. The van der Waals surface area contributed by atoms with Crippen LogP contribution in [0.4, 0.5) is 4.79 Å². The smallest absolute Gasteiger partial charge is 0.409 e. The highest BCUT2D eigenvalue weighted by Crippen LogP contribution is 2.27. The summed E-state index contributed by atoms with van der Waals surface area (Å²) in [6, 6.07) is 5.47. The molecule has 1 atom stereocenters. The molecule has 2 saturated heterocycles. The molecule has 2 fully saturated rings. The minimum absolute atomic E-state index is 0.102. The predicted octanol–water partition coefficient (Wildman–Crippen LogP) is 0.449. The Morgan fingerprint density at radius 3 is 2.44 bits per heavy atom. The number of nitrogens with zero attached hydrogens (tertiary/aromatic N) is 4. The first-order chi connectivity index (χ1) is 20.5. The zero-order valence-corrected chi connectivity index (χ0v) is 24.0. The van der Waals surface area contributed by atoms with Gasteiger partial charge in [-0.2, -0.15) is 0 Å². The SMILES string of the molecule is CCOC(=O)N1CCN(C(=O)C(CCC(=O)O)NC(=O)c2cc(OCC(=O)N3CCC(=O)N3)c3ccc(C)cc3n2)CC1. The van der Waals surface area contributed by atoms with Crippen LogP contribution in [0.25, 0.3) is 10.9 Å². The van der Waals surface area contributed by atoms with E-state index in [1.165, 1.54) is 15.9 Å². The zero-order valence-electron chi connectivity index (χ0n) is 24.0. The lowest BCUT2D eigenvalue weighted by Gasteiger charge is -2.35. The second kappa shape index (κ2) is 13.8. The van der Waals surface area contributed by atoms with Gasteiger partial charge in [0, 0.05) is 50.5 Å². The van der Waals surface area contributed by atoms with Crippen LogP contribution in [0.5, 0.6) is 5.75 Å². The fourth-order valence-electron chi connectivity index (χ4n) is 4.72. The summed E-state index contributed by atoms with van der Waals surface area (Å²) < 4.78 is 10.8. The molecule has 4 rings (SSSR count). The van der Waals surface area contributed by atoms with Crippen LogP contribution >= 0.6 is 0 Å². The number of nitrogens with one attached hydrogen (secondary N) is 2. The van der Waals surface area contributed by atoms with Crippen molar-refractivity contribution in [2.75, 3.05) is 45.9 Å². The third-order valence-electron chi connectivity index (χ3n) is 7.00. The number of hydrogen-bond donors (Lipinski definition) is 3. The molecule has 2 aliphatic rings. The first-order valence-electron chi connectivity index (χ1n) is 13.9. The predicted molar refractivity (Wildman–Crippen MR) is 150 cm³/mol. The number of carbonyl (C=O) groups excluding carboxylic acids is 5. The summed E-state index contributed by atoms with van der Waals surface area (Å²) in [5.74, 6) is -2.91. The second-order valence-electron chi connectivity index (χ2n) is 10.1. The largest absolute Gasteiger partial charge is 0.483 e. The highest BCUT2D eigenvalue weighted by atomic mass is 16.6. The maximum atomic E-state index is 13.4. The normalized spacial score (nSPS) is 15.6. The molecule has 5 amide bonds. The standard InChI is InChI=1S/C28H34N6O9/c1-3-42-28(41)33-12-10-32(11-13-33)27(40)19(6-7-25(37)38)30-26(39)21-15-22(18-5-4-17(2)14-20(18)29-21)43-16-24(36)34-9-8-23(35)31-34/h4-5,14-15,19H,3,6-13,16H2,1-2H3,(H,30,39)(H,31,35)(H,37,38). The van der Waals surface area contributed by atoms with Crippen molar-refractivity contribution in [1.29, 1.82) is 0 Å².